The molecule has 1 aliphatic heterocycles. The Labute approximate surface area is 113 Å². The van der Waals surface area contributed by atoms with Gasteiger partial charge in [-0.1, -0.05) is 25.1 Å². The monoisotopic (exact) mass is 256 g/mol. The number of carbonyl (C=O) groups excluding carboxylic acids is 1. The van der Waals surface area contributed by atoms with Crippen LogP contribution in [0.2, 0.25) is 0 Å². The van der Waals surface area contributed by atoms with E-state index in [-0.39, 0.29) is 5.92 Å². The maximum absolute atomic E-state index is 12.1. The van der Waals surface area contributed by atoms with Crippen molar-refractivity contribution in [3.63, 3.8) is 0 Å². The van der Waals surface area contributed by atoms with Crippen LogP contribution in [0.3, 0.4) is 0 Å². The van der Waals surface area contributed by atoms with Crippen LogP contribution in [0.5, 0.6) is 0 Å². The van der Waals surface area contributed by atoms with Crippen LogP contribution >= 0.6 is 0 Å². The van der Waals surface area contributed by atoms with Crippen molar-refractivity contribution in [2.75, 3.05) is 13.1 Å². The normalized spacial score (nSPS) is 19.5. The highest BCUT2D eigenvalue weighted by Crippen LogP contribution is 2.21. The number of carbonyl (C=O) groups is 1. The van der Waals surface area contributed by atoms with E-state index < -0.39 is 0 Å². The molecule has 0 aliphatic carbocycles. The Morgan fingerprint density at radius 3 is 2.84 bits per heavy atom. The topological polar surface area (TPSA) is 25.2 Å². The summed E-state index contributed by atoms with van der Waals surface area (Å²) in [5.41, 5.74) is 1.25. The molecule has 1 fully saturated rings. The third-order valence-electron chi connectivity index (χ3n) is 4.19. The average Bonchev–Trinajstić information content (AvgIpc) is 3.00. The fraction of sp³-hybridized carbons (Fsp3) is 0.438. The zero-order valence-corrected chi connectivity index (χ0v) is 11.4. The molecule has 1 aromatic heterocycles. The first-order chi connectivity index (χ1) is 9.29. The second-order valence-electron chi connectivity index (χ2n) is 5.29. The molecule has 1 amide bonds. The molecular weight excluding hydrogens is 236 g/mol. The van der Waals surface area contributed by atoms with Crippen LogP contribution < -0.4 is 0 Å². The number of para-hydroxylation sites is 1. The van der Waals surface area contributed by atoms with Gasteiger partial charge in [0.25, 0.3) is 0 Å². The predicted molar refractivity (Wildman–Crippen MR) is 76.9 cm³/mol. The molecule has 1 unspecified atom stereocenters. The van der Waals surface area contributed by atoms with Crippen molar-refractivity contribution < 1.29 is 4.79 Å². The van der Waals surface area contributed by atoms with E-state index in [0.29, 0.717) is 5.91 Å². The SMILES string of the molecule is CCC1CCN(CCn2ccc3ccccc32)C1=O. The number of fused-ring (bicyclic) bond motifs is 1. The van der Waals surface area contributed by atoms with E-state index in [9.17, 15) is 4.79 Å². The number of amides is 1. The molecule has 19 heavy (non-hydrogen) atoms. The molecule has 3 nitrogen and oxygen atoms in total. The minimum Gasteiger partial charge on any atom is -0.346 e. The summed E-state index contributed by atoms with van der Waals surface area (Å²) in [6.07, 6.45) is 4.12. The van der Waals surface area contributed by atoms with Crippen molar-refractivity contribution in [2.45, 2.75) is 26.3 Å². The lowest BCUT2D eigenvalue weighted by atomic mass is 10.1. The first-order valence-corrected chi connectivity index (χ1v) is 7.12. The van der Waals surface area contributed by atoms with E-state index >= 15 is 0 Å². The minimum absolute atomic E-state index is 0.265. The van der Waals surface area contributed by atoms with Crippen LogP contribution in [0.15, 0.2) is 36.5 Å². The Morgan fingerprint density at radius 1 is 1.21 bits per heavy atom. The lowest BCUT2D eigenvalue weighted by Crippen LogP contribution is -2.30. The average molecular weight is 256 g/mol. The van der Waals surface area contributed by atoms with Gasteiger partial charge in [-0.3, -0.25) is 4.79 Å². The van der Waals surface area contributed by atoms with Crippen LogP contribution in [0, 0.1) is 5.92 Å². The van der Waals surface area contributed by atoms with Crippen molar-refractivity contribution in [1.29, 1.82) is 0 Å². The molecule has 3 rings (SSSR count). The Kier molecular flexibility index (Phi) is 3.28. The van der Waals surface area contributed by atoms with Gasteiger partial charge in [0, 0.05) is 37.3 Å². The third-order valence-corrected chi connectivity index (χ3v) is 4.19. The minimum atomic E-state index is 0.265. The molecule has 1 saturated heterocycles. The zero-order valence-electron chi connectivity index (χ0n) is 11.4. The fourth-order valence-electron chi connectivity index (χ4n) is 2.97. The highest BCUT2D eigenvalue weighted by Gasteiger charge is 2.29. The van der Waals surface area contributed by atoms with Crippen LogP contribution in [0.1, 0.15) is 19.8 Å². The first kappa shape index (κ1) is 12.3. The summed E-state index contributed by atoms with van der Waals surface area (Å²) in [5.74, 6) is 0.611. The summed E-state index contributed by atoms with van der Waals surface area (Å²) in [4.78, 5) is 14.1. The Balaban J connectivity index is 1.68. The van der Waals surface area contributed by atoms with Crippen LogP contribution in [0.4, 0.5) is 0 Å². The molecule has 1 aliphatic rings. The molecule has 3 heteroatoms. The van der Waals surface area contributed by atoms with E-state index in [1.54, 1.807) is 0 Å². The van der Waals surface area contributed by atoms with Crippen LogP contribution in [0.25, 0.3) is 10.9 Å². The maximum atomic E-state index is 12.1. The molecule has 2 heterocycles. The quantitative estimate of drug-likeness (QED) is 0.825. The van der Waals surface area contributed by atoms with Crippen molar-refractivity contribution in [3.8, 4) is 0 Å². The van der Waals surface area contributed by atoms with Gasteiger partial charge in [0.2, 0.25) is 5.91 Å². The van der Waals surface area contributed by atoms with E-state index in [1.165, 1.54) is 10.9 Å². The molecular formula is C16H20N2O. The second-order valence-corrected chi connectivity index (χ2v) is 5.29. The molecule has 2 aromatic rings. The van der Waals surface area contributed by atoms with E-state index in [4.69, 9.17) is 0 Å². The number of benzene rings is 1. The number of aromatic nitrogens is 1. The smallest absolute Gasteiger partial charge is 0.225 e. The number of hydrogen-bond acceptors (Lipinski definition) is 1. The van der Waals surface area contributed by atoms with E-state index in [1.807, 2.05) is 4.90 Å². The number of nitrogens with zero attached hydrogens (tertiary/aromatic N) is 2. The summed E-state index contributed by atoms with van der Waals surface area (Å²) in [7, 11) is 0. The predicted octanol–water partition coefficient (Wildman–Crippen LogP) is 2.90. The molecule has 0 bridgehead atoms. The van der Waals surface area contributed by atoms with Gasteiger partial charge < -0.3 is 9.47 Å². The Bertz CT molecular complexity index is 587. The summed E-state index contributed by atoms with van der Waals surface area (Å²) in [6, 6.07) is 10.5. The van der Waals surface area contributed by atoms with Crippen molar-refractivity contribution in [2.24, 2.45) is 5.92 Å². The molecule has 0 spiro atoms. The summed E-state index contributed by atoms with van der Waals surface area (Å²) in [5, 5.41) is 1.27. The van der Waals surface area contributed by atoms with E-state index in [2.05, 4.69) is 48.0 Å². The molecule has 1 atom stereocenters. The fourth-order valence-corrected chi connectivity index (χ4v) is 2.97. The lowest BCUT2D eigenvalue weighted by Gasteiger charge is -2.17. The zero-order chi connectivity index (χ0) is 13.2. The van der Waals surface area contributed by atoms with Crippen molar-refractivity contribution >= 4 is 16.8 Å². The van der Waals surface area contributed by atoms with Gasteiger partial charge >= 0.3 is 0 Å². The highest BCUT2D eigenvalue weighted by atomic mass is 16.2. The lowest BCUT2D eigenvalue weighted by molar-refractivity contribution is -0.131. The largest absolute Gasteiger partial charge is 0.346 e. The van der Waals surface area contributed by atoms with Gasteiger partial charge in [-0.15, -0.1) is 0 Å². The first-order valence-electron chi connectivity index (χ1n) is 7.12. The van der Waals surface area contributed by atoms with Crippen LogP contribution in [-0.2, 0) is 11.3 Å². The van der Waals surface area contributed by atoms with Crippen molar-refractivity contribution in [1.82, 2.24) is 9.47 Å². The number of rotatable bonds is 4. The molecule has 0 radical (unpaired) electrons. The second kappa shape index (κ2) is 5.08. The number of likely N-dealkylation sites (tertiary alicyclic amines) is 1. The van der Waals surface area contributed by atoms with Gasteiger partial charge in [0.15, 0.2) is 0 Å². The van der Waals surface area contributed by atoms with Crippen molar-refractivity contribution in [3.05, 3.63) is 36.5 Å². The molecule has 1 aromatic carbocycles. The molecule has 100 valence electrons. The molecule has 0 saturated carbocycles. The maximum Gasteiger partial charge on any atom is 0.225 e. The highest BCUT2D eigenvalue weighted by molar-refractivity contribution is 5.81. The van der Waals surface area contributed by atoms with Gasteiger partial charge in [-0.2, -0.15) is 0 Å². The van der Waals surface area contributed by atoms with E-state index in [0.717, 1.165) is 32.5 Å². The van der Waals surface area contributed by atoms with Gasteiger partial charge in [0.1, 0.15) is 0 Å². The Morgan fingerprint density at radius 2 is 2.05 bits per heavy atom. The summed E-state index contributed by atoms with van der Waals surface area (Å²) < 4.78 is 2.24. The molecule has 0 N–H and O–H groups in total. The third kappa shape index (κ3) is 2.25. The summed E-state index contributed by atoms with van der Waals surface area (Å²) in [6.45, 7) is 4.74. The Hall–Kier alpha value is -1.77. The number of hydrogen-bond donors (Lipinski definition) is 0. The van der Waals surface area contributed by atoms with Gasteiger partial charge in [-0.25, -0.2) is 0 Å². The van der Waals surface area contributed by atoms with Crippen LogP contribution in [-0.4, -0.2) is 28.5 Å². The van der Waals surface area contributed by atoms with Gasteiger partial charge in [0.05, 0.1) is 0 Å². The summed E-state index contributed by atoms with van der Waals surface area (Å²) >= 11 is 0. The standard InChI is InChI=1S/C16H20N2O/c1-2-13-7-10-18(16(13)19)12-11-17-9-8-14-5-3-4-6-15(14)17/h3-6,8-9,13H,2,7,10-12H2,1H3. The van der Waals surface area contributed by atoms with Gasteiger partial charge in [-0.05, 0) is 30.4 Å².